The highest BCUT2D eigenvalue weighted by Gasteiger charge is 2.38. The molecule has 2 aromatic carbocycles. The van der Waals surface area contributed by atoms with E-state index in [1.807, 2.05) is 0 Å². The van der Waals surface area contributed by atoms with Gasteiger partial charge in [-0.15, -0.1) is 0 Å². The first kappa shape index (κ1) is 20.3. The summed E-state index contributed by atoms with van der Waals surface area (Å²) in [6.07, 6.45) is -4.50. The van der Waals surface area contributed by atoms with Crippen molar-refractivity contribution in [2.45, 2.75) is 20.0 Å². The number of imide groups is 1. The fourth-order valence-electron chi connectivity index (χ4n) is 3.19. The number of rotatable bonds is 3. The number of carbonyl (C=O) groups excluding carboxylic acids is 3. The Morgan fingerprint density at radius 1 is 0.966 bits per heavy atom. The second-order valence-corrected chi connectivity index (χ2v) is 6.43. The normalized spacial score (nSPS) is 15.2. The molecule has 8 heteroatoms. The van der Waals surface area contributed by atoms with Gasteiger partial charge in [0.15, 0.2) is 5.78 Å². The van der Waals surface area contributed by atoms with Crippen LogP contribution in [-0.4, -0.2) is 24.7 Å². The summed E-state index contributed by atoms with van der Waals surface area (Å²) in [6.45, 7) is 2.58. The molecule has 0 saturated carbocycles. The number of alkyl halides is 3. The first-order valence-corrected chi connectivity index (χ1v) is 8.52. The van der Waals surface area contributed by atoms with E-state index in [-0.39, 0.29) is 28.4 Å². The van der Waals surface area contributed by atoms with E-state index in [1.165, 1.54) is 51.3 Å². The average molecular weight is 403 g/mol. The molecule has 0 atom stereocenters. The third-order valence-corrected chi connectivity index (χ3v) is 4.55. The number of nitrogens with zero attached hydrogens (tertiary/aromatic N) is 1. The van der Waals surface area contributed by atoms with Crippen LogP contribution in [0.1, 0.15) is 40.9 Å². The first-order valence-electron chi connectivity index (χ1n) is 8.52. The molecule has 0 fully saturated rings. The van der Waals surface area contributed by atoms with Gasteiger partial charge in [-0.1, -0.05) is 12.1 Å². The van der Waals surface area contributed by atoms with Gasteiger partial charge in [-0.25, -0.2) is 4.90 Å². The molecule has 5 nitrogen and oxygen atoms in total. The quantitative estimate of drug-likeness (QED) is 0.435. The SMILES string of the molecule is CO/C(=C1\C(=O)N(C(C)=O)c2ccc(C(C)=O)cc21)c1ccc(C(F)(F)F)cc1. The number of ketones is 1. The van der Waals surface area contributed by atoms with E-state index in [9.17, 15) is 27.6 Å². The molecule has 29 heavy (non-hydrogen) atoms. The monoisotopic (exact) mass is 403 g/mol. The molecule has 0 aromatic heterocycles. The van der Waals surface area contributed by atoms with Crippen molar-refractivity contribution in [1.29, 1.82) is 0 Å². The highest BCUT2D eigenvalue weighted by atomic mass is 19.4. The molecule has 0 saturated heterocycles. The van der Waals surface area contributed by atoms with Crippen LogP contribution in [-0.2, 0) is 20.5 Å². The standard InChI is InChI=1S/C21H16F3NO4/c1-11(26)14-6-9-17-16(10-14)18(20(28)25(17)12(2)27)19(29-3)13-4-7-15(8-5-13)21(22,23)24/h4-10H,1-3H3/b19-18-. The molecule has 0 radical (unpaired) electrons. The van der Waals surface area contributed by atoms with Gasteiger partial charge in [0, 0.05) is 23.6 Å². The summed E-state index contributed by atoms with van der Waals surface area (Å²) in [5.41, 5.74) is 0.291. The molecule has 0 N–H and O–H groups in total. The zero-order valence-electron chi connectivity index (χ0n) is 15.8. The van der Waals surface area contributed by atoms with Crippen LogP contribution in [0.5, 0.6) is 0 Å². The van der Waals surface area contributed by atoms with E-state index < -0.39 is 23.6 Å². The Bertz CT molecular complexity index is 1050. The van der Waals surface area contributed by atoms with Gasteiger partial charge >= 0.3 is 6.18 Å². The lowest BCUT2D eigenvalue weighted by atomic mass is 9.98. The maximum Gasteiger partial charge on any atom is 0.416 e. The topological polar surface area (TPSA) is 63.7 Å². The van der Waals surface area contributed by atoms with Gasteiger partial charge in [-0.2, -0.15) is 13.2 Å². The Hall–Kier alpha value is -3.42. The molecular formula is C21H16F3NO4. The number of Topliss-reactive ketones (excluding diaryl/α,β-unsaturated/α-hetero) is 1. The molecule has 0 aliphatic carbocycles. The summed E-state index contributed by atoms with van der Waals surface area (Å²) in [4.78, 5) is 37.7. The van der Waals surface area contributed by atoms with Crippen LogP contribution >= 0.6 is 0 Å². The van der Waals surface area contributed by atoms with Crippen molar-refractivity contribution in [3.63, 3.8) is 0 Å². The predicted molar refractivity (Wildman–Crippen MR) is 99.9 cm³/mol. The Labute approximate surface area is 164 Å². The average Bonchev–Trinajstić information content (AvgIpc) is 2.94. The minimum Gasteiger partial charge on any atom is -0.495 e. The van der Waals surface area contributed by atoms with Crippen LogP contribution in [0.15, 0.2) is 42.5 Å². The van der Waals surface area contributed by atoms with Crippen LogP contribution in [0.25, 0.3) is 11.3 Å². The number of amides is 2. The number of halogens is 3. The molecule has 150 valence electrons. The summed E-state index contributed by atoms with van der Waals surface area (Å²) in [7, 11) is 1.28. The van der Waals surface area contributed by atoms with Gasteiger partial charge in [0.1, 0.15) is 5.76 Å². The van der Waals surface area contributed by atoms with Gasteiger partial charge in [0.2, 0.25) is 5.91 Å². The third kappa shape index (κ3) is 3.53. The molecule has 0 bridgehead atoms. The molecule has 1 heterocycles. The van der Waals surface area contributed by atoms with Crippen molar-refractivity contribution in [3.8, 4) is 0 Å². The van der Waals surface area contributed by atoms with Gasteiger partial charge in [0.25, 0.3) is 5.91 Å². The molecule has 2 aromatic rings. The predicted octanol–water partition coefficient (Wildman–Crippen LogP) is 4.32. The van der Waals surface area contributed by atoms with Gasteiger partial charge < -0.3 is 4.74 Å². The zero-order chi connectivity index (χ0) is 21.5. The highest BCUT2D eigenvalue weighted by molar-refractivity contribution is 6.43. The fraction of sp³-hybridized carbons (Fsp3) is 0.190. The van der Waals surface area contributed by atoms with E-state index >= 15 is 0 Å². The summed E-state index contributed by atoms with van der Waals surface area (Å²) in [5, 5.41) is 0. The maximum absolute atomic E-state index is 13.0. The highest BCUT2D eigenvalue weighted by Crippen LogP contribution is 2.42. The zero-order valence-corrected chi connectivity index (χ0v) is 15.8. The van der Waals surface area contributed by atoms with Gasteiger partial charge in [-0.3, -0.25) is 14.4 Å². The lowest BCUT2D eigenvalue weighted by molar-refractivity contribution is -0.137. The number of fused-ring (bicyclic) bond motifs is 1. The molecule has 0 unspecified atom stereocenters. The van der Waals surface area contributed by atoms with Crippen molar-refractivity contribution in [3.05, 3.63) is 64.7 Å². The Morgan fingerprint density at radius 2 is 1.55 bits per heavy atom. The summed E-state index contributed by atoms with van der Waals surface area (Å²) in [6, 6.07) is 8.58. The van der Waals surface area contributed by atoms with E-state index in [0.29, 0.717) is 11.1 Å². The second kappa shape index (κ2) is 7.20. The summed E-state index contributed by atoms with van der Waals surface area (Å²) < 4.78 is 43.9. The largest absolute Gasteiger partial charge is 0.495 e. The van der Waals surface area contributed by atoms with Gasteiger partial charge in [-0.05, 0) is 37.3 Å². The number of methoxy groups -OCH3 is 1. The minimum absolute atomic E-state index is 0.000517. The third-order valence-electron chi connectivity index (χ3n) is 4.55. The molecule has 3 rings (SSSR count). The molecular weight excluding hydrogens is 387 g/mol. The molecule has 1 aliphatic heterocycles. The summed E-state index contributed by atoms with van der Waals surface area (Å²) >= 11 is 0. The van der Waals surface area contributed by atoms with Crippen LogP contribution in [0, 0.1) is 0 Å². The van der Waals surface area contributed by atoms with E-state index in [4.69, 9.17) is 4.74 Å². The maximum atomic E-state index is 13.0. The number of anilines is 1. The molecule has 1 aliphatic rings. The smallest absolute Gasteiger partial charge is 0.416 e. The van der Waals surface area contributed by atoms with E-state index in [0.717, 1.165) is 17.0 Å². The van der Waals surface area contributed by atoms with E-state index in [2.05, 4.69) is 0 Å². The van der Waals surface area contributed by atoms with Crippen LogP contribution in [0.2, 0.25) is 0 Å². The van der Waals surface area contributed by atoms with Crippen molar-refractivity contribution in [2.24, 2.45) is 0 Å². The van der Waals surface area contributed by atoms with Crippen LogP contribution in [0.4, 0.5) is 18.9 Å². The van der Waals surface area contributed by atoms with Crippen molar-refractivity contribution < 1.29 is 32.3 Å². The first-order chi connectivity index (χ1) is 13.6. The minimum atomic E-state index is -4.50. The fourth-order valence-corrected chi connectivity index (χ4v) is 3.19. The van der Waals surface area contributed by atoms with Gasteiger partial charge in [0.05, 0.1) is 23.9 Å². The number of hydrogen-bond acceptors (Lipinski definition) is 4. The summed E-state index contributed by atoms with van der Waals surface area (Å²) in [5.74, 6) is -1.45. The lowest BCUT2D eigenvalue weighted by Crippen LogP contribution is -2.31. The van der Waals surface area contributed by atoms with Crippen LogP contribution in [0.3, 0.4) is 0 Å². The number of carbonyl (C=O) groups is 3. The number of ether oxygens (including phenoxy) is 1. The number of hydrogen-bond donors (Lipinski definition) is 0. The Kier molecular flexibility index (Phi) is 5.04. The molecule has 2 amide bonds. The Morgan fingerprint density at radius 3 is 2.03 bits per heavy atom. The van der Waals surface area contributed by atoms with E-state index in [1.54, 1.807) is 0 Å². The van der Waals surface area contributed by atoms with Crippen molar-refractivity contribution in [1.82, 2.24) is 0 Å². The lowest BCUT2D eigenvalue weighted by Gasteiger charge is -2.13. The Balaban J connectivity index is 2.25. The van der Waals surface area contributed by atoms with Crippen molar-refractivity contribution in [2.75, 3.05) is 12.0 Å². The van der Waals surface area contributed by atoms with Crippen molar-refractivity contribution >= 4 is 34.6 Å². The second-order valence-electron chi connectivity index (χ2n) is 6.43. The molecule has 0 spiro atoms. The van der Waals surface area contributed by atoms with Crippen LogP contribution < -0.4 is 4.90 Å². The number of benzene rings is 2.